The molecule has 1 atom stereocenters. The van der Waals surface area contributed by atoms with Gasteiger partial charge in [0.2, 0.25) is 0 Å². The fourth-order valence-electron chi connectivity index (χ4n) is 3.09. The molecule has 3 rings (SSSR count). The topological polar surface area (TPSA) is 32.3 Å². The monoisotopic (exact) mass is 249 g/mol. The number of fused-ring (bicyclic) bond motifs is 1. The van der Waals surface area contributed by atoms with E-state index in [1.54, 1.807) is 12.1 Å². The summed E-state index contributed by atoms with van der Waals surface area (Å²) in [7, 11) is 0. The number of nitrogens with one attached hydrogen (secondary N) is 1. The molecule has 0 saturated heterocycles. The van der Waals surface area contributed by atoms with Gasteiger partial charge in [0.1, 0.15) is 5.82 Å². The van der Waals surface area contributed by atoms with E-state index in [1.165, 1.54) is 12.8 Å². The van der Waals surface area contributed by atoms with Crippen LogP contribution in [0.25, 0.3) is 0 Å². The molecular formula is C15H20FNO. The normalized spacial score (nSPS) is 24.0. The van der Waals surface area contributed by atoms with Crippen molar-refractivity contribution in [3.05, 3.63) is 35.1 Å². The molecule has 3 heteroatoms. The Kier molecular flexibility index (Phi) is 3.12. The number of rotatable bonds is 5. The van der Waals surface area contributed by atoms with Crippen LogP contribution in [0.1, 0.15) is 42.9 Å². The van der Waals surface area contributed by atoms with Crippen LogP contribution < -0.4 is 5.32 Å². The van der Waals surface area contributed by atoms with Crippen molar-refractivity contribution in [2.24, 2.45) is 5.41 Å². The van der Waals surface area contributed by atoms with E-state index in [-0.39, 0.29) is 12.4 Å². The number of hydrogen-bond donors (Lipinski definition) is 2. The summed E-state index contributed by atoms with van der Waals surface area (Å²) in [4.78, 5) is 0. The molecule has 2 N–H and O–H groups in total. The molecule has 0 radical (unpaired) electrons. The molecule has 0 amide bonds. The molecule has 1 unspecified atom stereocenters. The van der Waals surface area contributed by atoms with Crippen molar-refractivity contribution in [2.75, 3.05) is 13.2 Å². The highest BCUT2D eigenvalue weighted by Crippen LogP contribution is 2.48. The predicted octanol–water partition coefficient (Wildman–Crippen LogP) is 2.57. The summed E-state index contributed by atoms with van der Waals surface area (Å²) in [5.74, 6) is -0.0618. The third kappa shape index (κ3) is 2.17. The minimum atomic E-state index is -0.0618. The Labute approximate surface area is 107 Å². The lowest BCUT2D eigenvalue weighted by molar-refractivity contribution is 0.242. The molecule has 0 heterocycles. The standard InChI is InChI=1S/C15H20FNO/c16-13-3-1-2-12-11(13)4-5-14(12)17-10-15(6-7-15)8-9-18/h1-3,14,17-18H,4-10H2. The fourth-order valence-corrected chi connectivity index (χ4v) is 3.09. The largest absolute Gasteiger partial charge is 0.396 e. The Morgan fingerprint density at radius 3 is 2.94 bits per heavy atom. The Bertz CT molecular complexity index is 442. The summed E-state index contributed by atoms with van der Waals surface area (Å²) in [6, 6.07) is 5.69. The van der Waals surface area contributed by atoms with Crippen molar-refractivity contribution in [1.82, 2.24) is 5.32 Å². The molecule has 18 heavy (non-hydrogen) atoms. The van der Waals surface area contributed by atoms with Gasteiger partial charge in [0.25, 0.3) is 0 Å². The van der Waals surface area contributed by atoms with Gasteiger partial charge in [-0.1, -0.05) is 12.1 Å². The summed E-state index contributed by atoms with van der Waals surface area (Å²) >= 11 is 0. The highest BCUT2D eigenvalue weighted by molar-refractivity contribution is 5.35. The van der Waals surface area contributed by atoms with Crippen LogP contribution in [0.15, 0.2) is 18.2 Å². The van der Waals surface area contributed by atoms with E-state index in [0.717, 1.165) is 36.9 Å². The Hall–Kier alpha value is -0.930. The Morgan fingerprint density at radius 2 is 2.22 bits per heavy atom. The van der Waals surface area contributed by atoms with E-state index in [9.17, 15) is 4.39 Å². The second-order valence-corrected chi connectivity index (χ2v) is 5.75. The predicted molar refractivity (Wildman–Crippen MR) is 68.8 cm³/mol. The molecule has 1 aromatic carbocycles. The first-order chi connectivity index (χ1) is 8.74. The second-order valence-electron chi connectivity index (χ2n) is 5.75. The maximum atomic E-state index is 13.6. The van der Waals surface area contributed by atoms with Crippen molar-refractivity contribution in [1.29, 1.82) is 0 Å². The molecule has 0 bridgehead atoms. The number of benzene rings is 1. The molecule has 1 aromatic rings. The highest BCUT2D eigenvalue weighted by atomic mass is 19.1. The van der Waals surface area contributed by atoms with Crippen molar-refractivity contribution >= 4 is 0 Å². The maximum Gasteiger partial charge on any atom is 0.126 e. The van der Waals surface area contributed by atoms with Crippen LogP contribution in [0, 0.1) is 11.2 Å². The number of halogens is 1. The molecule has 0 spiro atoms. The van der Waals surface area contributed by atoms with Crippen LogP contribution in [0.4, 0.5) is 4.39 Å². The molecule has 1 fully saturated rings. The van der Waals surface area contributed by atoms with Crippen molar-refractivity contribution in [3.63, 3.8) is 0 Å². The van der Waals surface area contributed by atoms with Crippen LogP contribution in [0.2, 0.25) is 0 Å². The van der Waals surface area contributed by atoms with Crippen LogP contribution in [-0.2, 0) is 6.42 Å². The van der Waals surface area contributed by atoms with Gasteiger partial charge in [0.05, 0.1) is 0 Å². The van der Waals surface area contributed by atoms with Gasteiger partial charge in [-0.2, -0.15) is 0 Å². The van der Waals surface area contributed by atoms with Gasteiger partial charge in [0.15, 0.2) is 0 Å². The summed E-state index contributed by atoms with van der Waals surface area (Å²) in [6.45, 7) is 1.23. The maximum absolute atomic E-state index is 13.6. The van der Waals surface area contributed by atoms with E-state index in [4.69, 9.17) is 5.11 Å². The quantitative estimate of drug-likeness (QED) is 0.840. The zero-order valence-corrected chi connectivity index (χ0v) is 10.6. The van der Waals surface area contributed by atoms with E-state index < -0.39 is 0 Å². The van der Waals surface area contributed by atoms with E-state index in [1.807, 2.05) is 6.07 Å². The number of aliphatic hydroxyl groups excluding tert-OH is 1. The van der Waals surface area contributed by atoms with Gasteiger partial charge >= 0.3 is 0 Å². The lowest BCUT2D eigenvalue weighted by Gasteiger charge is -2.19. The zero-order chi connectivity index (χ0) is 12.6. The first-order valence-corrected chi connectivity index (χ1v) is 6.86. The molecule has 2 aliphatic rings. The lowest BCUT2D eigenvalue weighted by atomic mass is 10.0. The summed E-state index contributed by atoms with van der Waals surface area (Å²) in [5.41, 5.74) is 2.35. The van der Waals surface area contributed by atoms with Gasteiger partial charge in [0, 0.05) is 19.2 Å². The van der Waals surface area contributed by atoms with Crippen molar-refractivity contribution < 1.29 is 9.50 Å². The lowest BCUT2D eigenvalue weighted by Crippen LogP contribution is -2.27. The Morgan fingerprint density at radius 1 is 1.39 bits per heavy atom. The summed E-state index contributed by atoms with van der Waals surface area (Å²) in [6.07, 6.45) is 5.15. The molecule has 98 valence electrons. The number of hydrogen-bond acceptors (Lipinski definition) is 2. The van der Waals surface area contributed by atoms with Crippen LogP contribution in [-0.4, -0.2) is 18.3 Å². The average molecular weight is 249 g/mol. The molecule has 2 aliphatic carbocycles. The molecule has 0 aliphatic heterocycles. The van der Waals surface area contributed by atoms with Gasteiger partial charge < -0.3 is 10.4 Å². The minimum Gasteiger partial charge on any atom is -0.396 e. The SMILES string of the molecule is OCCC1(CNC2CCc3c(F)cccc32)CC1. The second kappa shape index (κ2) is 4.63. The van der Waals surface area contributed by atoms with Crippen LogP contribution in [0.5, 0.6) is 0 Å². The zero-order valence-electron chi connectivity index (χ0n) is 10.6. The summed E-state index contributed by atoms with van der Waals surface area (Å²) < 4.78 is 13.6. The first-order valence-electron chi connectivity index (χ1n) is 6.86. The third-order valence-electron chi connectivity index (χ3n) is 4.54. The third-order valence-corrected chi connectivity index (χ3v) is 4.54. The first kappa shape index (κ1) is 12.1. The van der Waals surface area contributed by atoms with Crippen molar-refractivity contribution in [3.8, 4) is 0 Å². The van der Waals surface area contributed by atoms with Gasteiger partial charge in [-0.3, -0.25) is 0 Å². The van der Waals surface area contributed by atoms with Crippen LogP contribution in [0.3, 0.4) is 0 Å². The molecule has 0 aromatic heterocycles. The van der Waals surface area contributed by atoms with Crippen molar-refractivity contribution in [2.45, 2.75) is 38.1 Å². The van der Waals surface area contributed by atoms with Gasteiger partial charge in [-0.05, 0) is 54.7 Å². The molecule has 2 nitrogen and oxygen atoms in total. The highest BCUT2D eigenvalue weighted by Gasteiger charge is 2.42. The molecular weight excluding hydrogens is 229 g/mol. The Balaban J connectivity index is 1.65. The fraction of sp³-hybridized carbons (Fsp3) is 0.600. The molecule has 1 saturated carbocycles. The van der Waals surface area contributed by atoms with E-state index in [0.29, 0.717) is 11.5 Å². The number of aliphatic hydroxyl groups is 1. The van der Waals surface area contributed by atoms with Gasteiger partial charge in [-0.15, -0.1) is 0 Å². The summed E-state index contributed by atoms with van der Waals surface area (Å²) in [5, 5.41) is 12.6. The smallest absolute Gasteiger partial charge is 0.126 e. The van der Waals surface area contributed by atoms with Crippen LogP contribution >= 0.6 is 0 Å². The van der Waals surface area contributed by atoms with E-state index >= 15 is 0 Å². The van der Waals surface area contributed by atoms with E-state index in [2.05, 4.69) is 5.32 Å². The van der Waals surface area contributed by atoms with Gasteiger partial charge in [-0.25, -0.2) is 4.39 Å². The average Bonchev–Trinajstić information content (AvgIpc) is 3.00. The minimum absolute atomic E-state index is 0.0618.